The van der Waals surface area contributed by atoms with E-state index in [4.69, 9.17) is 14.6 Å². The second-order valence-electron chi connectivity index (χ2n) is 7.29. The lowest BCUT2D eigenvalue weighted by Gasteiger charge is -2.13. The summed E-state index contributed by atoms with van der Waals surface area (Å²) in [5, 5.41) is 12.4. The van der Waals surface area contributed by atoms with Crippen LogP contribution in [-0.4, -0.2) is 20.9 Å². The Morgan fingerprint density at radius 2 is 1.76 bits per heavy atom. The van der Waals surface area contributed by atoms with E-state index in [9.17, 15) is 26.7 Å². The van der Waals surface area contributed by atoms with Crippen LogP contribution in [0.4, 0.5) is 22.0 Å². The molecule has 1 atom stereocenters. The van der Waals surface area contributed by atoms with Gasteiger partial charge in [0, 0.05) is 7.05 Å². The number of hydrogen-bond donors (Lipinski definition) is 1. The summed E-state index contributed by atoms with van der Waals surface area (Å²) in [4.78, 5) is 11.0. The second-order valence-corrected chi connectivity index (χ2v) is 7.29. The van der Waals surface area contributed by atoms with Gasteiger partial charge >= 0.3 is 12.1 Å². The molecule has 3 aromatic rings. The van der Waals surface area contributed by atoms with Crippen molar-refractivity contribution in [2.24, 2.45) is 13.0 Å². The number of rotatable bonds is 8. The lowest BCUT2D eigenvalue weighted by Crippen LogP contribution is -2.13. The van der Waals surface area contributed by atoms with E-state index in [0.717, 1.165) is 16.8 Å². The van der Waals surface area contributed by atoms with E-state index < -0.39 is 53.3 Å². The van der Waals surface area contributed by atoms with E-state index in [1.54, 1.807) is 18.2 Å². The van der Waals surface area contributed by atoms with Crippen molar-refractivity contribution in [2.45, 2.75) is 26.1 Å². The Labute approximate surface area is 185 Å². The Morgan fingerprint density at radius 3 is 2.30 bits per heavy atom. The van der Waals surface area contributed by atoms with Crippen LogP contribution in [-0.2, 0) is 31.0 Å². The third-order valence-electron chi connectivity index (χ3n) is 4.70. The van der Waals surface area contributed by atoms with Crippen molar-refractivity contribution < 1.29 is 41.3 Å². The molecule has 2 aromatic carbocycles. The van der Waals surface area contributed by atoms with Crippen LogP contribution in [0.2, 0.25) is 0 Å². The molecule has 33 heavy (non-hydrogen) atoms. The number of carboxylic acids is 1. The van der Waals surface area contributed by atoms with E-state index in [1.165, 1.54) is 26.1 Å². The van der Waals surface area contributed by atoms with Crippen molar-refractivity contribution in [1.29, 1.82) is 0 Å². The fourth-order valence-corrected chi connectivity index (χ4v) is 3.09. The van der Waals surface area contributed by atoms with Crippen molar-refractivity contribution in [1.82, 2.24) is 9.78 Å². The fourth-order valence-electron chi connectivity index (χ4n) is 3.09. The lowest BCUT2D eigenvalue weighted by molar-refractivity contribution is -0.142. The maximum absolute atomic E-state index is 14.5. The maximum Gasteiger partial charge on any atom is 0.435 e. The highest BCUT2D eigenvalue weighted by molar-refractivity contribution is 5.69. The average molecular weight is 470 g/mol. The van der Waals surface area contributed by atoms with Gasteiger partial charge < -0.3 is 14.6 Å². The van der Waals surface area contributed by atoms with Gasteiger partial charge in [0.2, 0.25) is 5.88 Å². The van der Waals surface area contributed by atoms with Gasteiger partial charge in [-0.05, 0) is 36.2 Å². The first-order valence-corrected chi connectivity index (χ1v) is 9.66. The van der Waals surface area contributed by atoms with E-state index in [0.29, 0.717) is 0 Å². The number of hydrogen-bond acceptors (Lipinski definition) is 4. The number of aromatic nitrogens is 2. The zero-order valence-electron chi connectivity index (χ0n) is 17.5. The molecule has 0 fully saturated rings. The van der Waals surface area contributed by atoms with Crippen LogP contribution >= 0.6 is 0 Å². The third-order valence-corrected chi connectivity index (χ3v) is 4.70. The van der Waals surface area contributed by atoms with Crippen LogP contribution in [0.1, 0.15) is 23.7 Å². The molecule has 0 bridgehead atoms. The molecule has 6 nitrogen and oxygen atoms in total. The first-order chi connectivity index (χ1) is 15.5. The summed E-state index contributed by atoms with van der Waals surface area (Å²) in [7, 11) is 1.23. The Morgan fingerprint density at radius 1 is 1.15 bits per heavy atom. The smallest absolute Gasteiger partial charge is 0.435 e. The van der Waals surface area contributed by atoms with Gasteiger partial charge in [0.05, 0.1) is 11.5 Å². The van der Waals surface area contributed by atoms with Gasteiger partial charge in [-0.2, -0.15) is 18.3 Å². The van der Waals surface area contributed by atoms with Crippen LogP contribution < -0.4 is 9.47 Å². The summed E-state index contributed by atoms with van der Waals surface area (Å²) in [6, 6.07) is 9.71. The van der Waals surface area contributed by atoms with E-state index in [2.05, 4.69) is 5.10 Å². The van der Waals surface area contributed by atoms with Crippen molar-refractivity contribution in [3.05, 3.63) is 70.9 Å². The summed E-state index contributed by atoms with van der Waals surface area (Å²) in [5.41, 5.74) is -1.79. The topological polar surface area (TPSA) is 73.6 Å². The van der Waals surface area contributed by atoms with Crippen molar-refractivity contribution in [3.8, 4) is 17.4 Å². The Bertz CT molecular complexity index is 1120. The van der Waals surface area contributed by atoms with Crippen LogP contribution in [0.15, 0.2) is 42.5 Å². The maximum atomic E-state index is 14.5. The molecule has 1 aromatic heterocycles. The third kappa shape index (κ3) is 5.60. The first-order valence-electron chi connectivity index (χ1n) is 9.66. The molecular weight excluding hydrogens is 451 g/mol. The normalized spacial score (nSPS) is 12.5. The summed E-state index contributed by atoms with van der Waals surface area (Å²) in [5.74, 6) is -5.36. The number of carbonyl (C=O) groups is 1. The van der Waals surface area contributed by atoms with Gasteiger partial charge in [-0.15, -0.1) is 0 Å². The highest BCUT2D eigenvalue weighted by Crippen LogP contribution is 2.38. The number of para-hydroxylation sites is 1. The molecular formula is C22H19F5N2O4. The van der Waals surface area contributed by atoms with Crippen LogP contribution in [0.3, 0.4) is 0 Å². The Balaban J connectivity index is 1.91. The summed E-state index contributed by atoms with van der Waals surface area (Å²) >= 11 is 0. The molecule has 0 aliphatic carbocycles. The van der Waals surface area contributed by atoms with Gasteiger partial charge in [-0.1, -0.05) is 25.1 Å². The molecule has 0 saturated heterocycles. The largest absolute Gasteiger partial charge is 0.483 e. The second kappa shape index (κ2) is 9.47. The predicted octanol–water partition coefficient (Wildman–Crippen LogP) is 5.35. The summed E-state index contributed by atoms with van der Waals surface area (Å²) in [6.07, 6.45) is -5.01. The number of carboxylic acid groups (broad SMARTS) is 1. The fraction of sp³-hybridized carbons (Fsp3) is 0.273. The standard InChI is InChI=1S/C22H19F5N2O4/c1-12(21(30)31)8-13-9-16(23)18(17(24)10-13)32-11-15-19(22(25,26)27)28-29(2)20(15)33-14-6-4-3-5-7-14/h3-7,9-10,12H,8,11H2,1-2H3,(H,30,31). The van der Waals surface area contributed by atoms with Gasteiger partial charge in [0.1, 0.15) is 12.4 Å². The van der Waals surface area contributed by atoms with Crippen molar-refractivity contribution in [2.75, 3.05) is 0 Å². The highest BCUT2D eigenvalue weighted by Gasteiger charge is 2.40. The van der Waals surface area contributed by atoms with E-state index in [1.807, 2.05) is 0 Å². The SMILES string of the molecule is CC(Cc1cc(F)c(OCc2c(C(F)(F)F)nn(C)c2Oc2ccccc2)c(F)c1)C(=O)O. The zero-order chi connectivity index (χ0) is 24.3. The highest BCUT2D eigenvalue weighted by atomic mass is 19.4. The Kier molecular flexibility index (Phi) is 6.89. The van der Waals surface area contributed by atoms with Gasteiger partial charge in [-0.3, -0.25) is 4.79 Å². The zero-order valence-corrected chi connectivity index (χ0v) is 17.5. The molecule has 0 aliphatic heterocycles. The van der Waals surface area contributed by atoms with Crippen LogP contribution in [0.5, 0.6) is 17.4 Å². The number of nitrogens with zero attached hydrogens (tertiary/aromatic N) is 2. The van der Waals surface area contributed by atoms with Gasteiger partial charge in [0.15, 0.2) is 23.1 Å². The molecule has 0 saturated carbocycles. The van der Waals surface area contributed by atoms with E-state index >= 15 is 0 Å². The van der Waals surface area contributed by atoms with Crippen LogP contribution in [0, 0.1) is 17.6 Å². The van der Waals surface area contributed by atoms with Crippen molar-refractivity contribution in [3.63, 3.8) is 0 Å². The minimum atomic E-state index is -4.87. The summed E-state index contributed by atoms with van der Waals surface area (Å²) in [6.45, 7) is 0.488. The molecule has 1 unspecified atom stereocenters. The first kappa shape index (κ1) is 24.0. The Hall–Kier alpha value is -3.63. The summed E-state index contributed by atoms with van der Waals surface area (Å²) < 4.78 is 81.0. The number of halogens is 5. The number of ether oxygens (including phenoxy) is 2. The number of aliphatic carboxylic acids is 1. The minimum absolute atomic E-state index is 0.0673. The van der Waals surface area contributed by atoms with Crippen molar-refractivity contribution >= 4 is 5.97 Å². The number of benzene rings is 2. The molecule has 0 radical (unpaired) electrons. The van der Waals surface area contributed by atoms with Crippen LogP contribution in [0.25, 0.3) is 0 Å². The molecule has 1 heterocycles. The monoisotopic (exact) mass is 470 g/mol. The van der Waals surface area contributed by atoms with Gasteiger partial charge in [0.25, 0.3) is 0 Å². The predicted molar refractivity (Wildman–Crippen MR) is 106 cm³/mol. The molecule has 0 aliphatic rings. The molecule has 176 valence electrons. The molecule has 11 heteroatoms. The molecule has 3 rings (SSSR count). The average Bonchev–Trinajstić information content (AvgIpc) is 3.04. The minimum Gasteiger partial charge on any atom is -0.483 e. The van der Waals surface area contributed by atoms with Gasteiger partial charge in [-0.25, -0.2) is 13.5 Å². The number of aryl methyl sites for hydroxylation is 1. The molecule has 1 N–H and O–H groups in total. The quantitative estimate of drug-likeness (QED) is 0.450. The molecule has 0 amide bonds. The van der Waals surface area contributed by atoms with E-state index in [-0.39, 0.29) is 23.6 Å². The number of alkyl halides is 3. The lowest BCUT2D eigenvalue weighted by atomic mass is 10.0. The molecule has 0 spiro atoms.